The Labute approximate surface area is 144 Å². The summed E-state index contributed by atoms with van der Waals surface area (Å²) < 4.78 is 10.0. The number of urea groups is 1. The minimum atomic E-state index is -0.575. The third-order valence-corrected chi connectivity index (χ3v) is 4.09. The zero-order valence-electron chi connectivity index (χ0n) is 14.0. The van der Waals surface area contributed by atoms with E-state index in [0.717, 1.165) is 5.56 Å². The van der Waals surface area contributed by atoms with Gasteiger partial charge < -0.3 is 25.0 Å². The van der Waals surface area contributed by atoms with Gasteiger partial charge in [-0.25, -0.2) is 4.79 Å². The van der Waals surface area contributed by atoms with E-state index < -0.39 is 12.0 Å². The van der Waals surface area contributed by atoms with Gasteiger partial charge in [-0.1, -0.05) is 12.1 Å². The van der Waals surface area contributed by atoms with Crippen LogP contribution in [-0.4, -0.2) is 49.6 Å². The lowest BCUT2D eigenvalue weighted by Gasteiger charge is -2.25. The monoisotopic (exact) mass is 345 g/mol. The lowest BCUT2D eigenvalue weighted by molar-refractivity contribution is -0.147. The molecular formula is C17H19N3O5. The molecule has 0 unspecified atom stereocenters. The number of methoxy groups -OCH3 is 1. The van der Waals surface area contributed by atoms with Crippen molar-refractivity contribution in [3.05, 3.63) is 41.1 Å². The molecule has 0 aliphatic carbocycles. The van der Waals surface area contributed by atoms with Crippen molar-refractivity contribution < 1.29 is 23.9 Å². The number of nitrogens with zero attached hydrogens (tertiary/aromatic N) is 1. The number of carbonyl (C=O) groups excluding carboxylic acids is 3. The summed E-state index contributed by atoms with van der Waals surface area (Å²) in [6.45, 7) is 1.98. The lowest BCUT2D eigenvalue weighted by atomic mass is 9.96. The zero-order valence-corrected chi connectivity index (χ0v) is 14.0. The lowest BCUT2D eigenvalue weighted by Crippen LogP contribution is -2.44. The summed E-state index contributed by atoms with van der Waals surface area (Å²) in [4.78, 5) is 37.7. The quantitative estimate of drug-likeness (QED) is 0.766. The van der Waals surface area contributed by atoms with Crippen LogP contribution in [-0.2, 0) is 14.3 Å². The smallest absolute Gasteiger partial charge is 0.325 e. The Hall–Kier alpha value is -3.03. The van der Waals surface area contributed by atoms with E-state index in [-0.39, 0.29) is 31.6 Å². The average molecular weight is 345 g/mol. The molecule has 2 aliphatic heterocycles. The van der Waals surface area contributed by atoms with Crippen LogP contribution in [0.5, 0.6) is 5.75 Å². The molecule has 0 fully saturated rings. The van der Waals surface area contributed by atoms with Crippen molar-refractivity contribution in [1.29, 1.82) is 0 Å². The number of amides is 3. The number of nitrogens with one attached hydrogen (secondary N) is 2. The highest BCUT2D eigenvalue weighted by molar-refractivity contribution is 6.02. The molecule has 0 radical (unpaired) electrons. The summed E-state index contributed by atoms with van der Waals surface area (Å²) in [6.07, 6.45) is 0. The second kappa shape index (κ2) is 6.84. The van der Waals surface area contributed by atoms with Crippen LogP contribution in [0.1, 0.15) is 18.5 Å². The standard InChI is InChI=1S/C17H19N3O5/c1-3-25-13(21)9-20-8-12-14(16(20)22)15(19-17(23)18-12)10-4-6-11(24-2)7-5-10/h4-7,15H,3,8-9H2,1-2H3,(H2,18,19,23)/t15-/m0/s1. The van der Waals surface area contributed by atoms with Crippen LogP contribution in [0.2, 0.25) is 0 Å². The Morgan fingerprint density at radius 3 is 2.64 bits per heavy atom. The van der Waals surface area contributed by atoms with Crippen molar-refractivity contribution in [3.8, 4) is 5.75 Å². The number of benzene rings is 1. The molecule has 0 saturated heterocycles. The van der Waals surface area contributed by atoms with Gasteiger partial charge in [0.2, 0.25) is 0 Å². The largest absolute Gasteiger partial charge is 0.497 e. The Morgan fingerprint density at radius 1 is 1.28 bits per heavy atom. The number of hydrogen-bond acceptors (Lipinski definition) is 5. The fraction of sp³-hybridized carbons (Fsp3) is 0.353. The van der Waals surface area contributed by atoms with Gasteiger partial charge in [0.15, 0.2) is 0 Å². The Kier molecular flexibility index (Phi) is 4.60. The van der Waals surface area contributed by atoms with Crippen LogP contribution in [0.3, 0.4) is 0 Å². The fourth-order valence-corrected chi connectivity index (χ4v) is 2.96. The van der Waals surface area contributed by atoms with Crippen molar-refractivity contribution >= 4 is 17.9 Å². The predicted molar refractivity (Wildman–Crippen MR) is 87.6 cm³/mol. The van der Waals surface area contributed by atoms with Gasteiger partial charge >= 0.3 is 12.0 Å². The molecular weight excluding hydrogens is 326 g/mol. The normalized spacial score (nSPS) is 19.3. The van der Waals surface area contributed by atoms with Crippen molar-refractivity contribution in [3.63, 3.8) is 0 Å². The molecule has 8 heteroatoms. The molecule has 0 aromatic heterocycles. The van der Waals surface area contributed by atoms with Crippen molar-refractivity contribution in [2.45, 2.75) is 13.0 Å². The molecule has 1 aromatic carbocycles. The van der Waals surface area contributed by atoms with Crippen molar-refractivity contribution in [2.75, 3.05) is 26.8 Å². The molecule has 0 spiro atoms. The first-order valence-corrected chi connectivity index (χ1v) is 7.93. The van der Waals surface area contributed by atoms with E-state index >= 15 is 0 Å². The van der Waals surface area contributed by atoms with Gasteiger partial charge in [0.1, 0.15) is 12.3 Å². The van der Waals surface area contributed by atoms with Crippen LogP contribution in [0.4, 0.5) is 4.79 Å². The molecule has 25 heavy (non-hydrogen) atoms. The van der Waals surface area contributed by atoms with Crippen LogP contribution in [0.25, 0.3) is 0 Å². The van der Waals surface area contributed by atoms with Crippen molar-refractivity contribution in [1.82, 2.24) is 15.5 Å². The highest BCUT2D eigenvalue weighted by Crippen LogP contribution is 2.33. The van der Waals surface area contributed by atoms with E-state index in [9.17, 15) is 14.4 Å². The van der Waals surface area contributed by atoms with Gasteiger partial charge in [-0.2, -0.15) is 0 Å². The number of ether oxygens (including phenoxy) is 2. The van der Waals surface area contributed by atoms with E-state index in [1.165, 1.54) is 4.90 Å². The molecule has 2 N–H and O–H groups in total. The molecule has 0 bridgehead atoms. The maximum absolute atomic E-state index is 12.7. The molecule has 0 saturated carbocycles. The second-order valence-corrected chi connectivity index (χ2v) is 5.66. The first-order valence-electron chi connectivity index (χ1n) is 7.93. The molecule has 3 rings (SSSR count). The number of hydrogen-bond donors (Lipinski definition) is 2. The topological polar surface area (TPSA) is 97.0 Å². The number of esters is 1. The third-order valence-electron chi connectivity index (χ3n) is 4.09. The maximum atomic E-state index is 12.7. The molecule has 2 heterocycles. The summed E-state index contributed by atoms with van der Waals surface area (Å²) in [5.74, 6) is -0.0905. The first kappa shape index (κ1) is 16.8. The molecule has 3 amide bonds. The summed E-state index contributed by atoms with van der Waals surface area (Å²) in [6, 6.07) is 6.15. The minimum Gasteiger partial charge on any atom is -0.497 e. The van der Waals surface area contributed by atoms with Gasteiger partial charge in [0.05, 0.1) is 37.6 Å². The maximum Gasteiger partial charge on any atom is 0.325 e. The van der Waals surface area contributed by atoms with E-state index in [4.69, 9.17) is 9.47 Å². The van der Waals surface area contributed by atoms with Gasteiger partial charge in [0, 0.05) is 0 Å². The van der Waals surface area contributed by atoms with Crippen LogP contribution in [0, 0.1) is 0 Å². The van der Waals surface area contributed by atoms with E-state index in [0.29, 0.717) is 17.0 Å². The van der Waals surface area contributed by atoms with Crippen LogP contribution < -0.4 is 15.4 Å². The zero-order chi connectivity index (χ0) is 18.0. The summed E-state index contributed by atoms with van der Waals surface area (Å²) >= 11 is 0. The number of rotatable bonds is 5. The molecule has 2 aliphatic rings. The Balaban J connectivity index is 1.85. The van der Waals surface area contributed by atoms with Crippen molar-refractivity contribution in [2.24, 2.45) is 0 Å². The molecule has 132 valence electrons. The van der Waals surface area contributed by atoms with E-state index in [1.54, 1.807) is 38.3 Å². The van der Waals surface area contributed by atoms with Gasteiger partial charge in [-0.05, 0) is 24.6 Å². The van der Waals surface area contributed by atoms with Crippen LogP contribution in [0.15, 0.2) is 35.5 Å². The fourth-order valence-electron chi connectivity index (χ4n) is 2.96. The SMILES string of the molecule is CCOC(=O)CN1CC2=C(C1=O)[C@H](c1ccc(OC)cc1)NC(=O)N2. The van der Waals surface area contributed by atoms with Gasteiger partial charge in [0.25, 0.3) is 5.91 Å². The van der Waals surface area contributed by atoms with Gasteiger partial charge in [-0.15, -0.1) is 0 Å². The molecule has 1 aromatic rings. The van der Waals surface area contributed by atoms with Gasteiger partial charge in [-0.3, -0.25) is 9.59 Å². The van der Waals surface area contributed by atoms with E-state index in [2.05, 4.69) is 10.6 Å². The summed E-state index contributed by atoms with van der Waals surface area (Å²) in [7, 11) is 1.57. The first-order chi connectivity index (χ1) is 12.0. The third kappa shape index (κ3) is 3.28. The highest BCUT2D eigenvalue weighted by Gasteiger charge is 2.41. The molecule has 8 nitrogen and oxygen atoms in total. The average Bonchev–Trinajstić information content (AvgIpc) is 2.90. The Bertz CT molecular complexity index is 741. The number of carbonyl (C=O) groups is 3. The van der Waals surface area contributed by atoms with Crippen LogP contribution >= 0.6 is 0 Å². The van der Waals surface area contributed by atoms with E-state index in [1.807, 2.05) is 0 Å². The highest BCUT2D eigenvalue weighted by atomic mass is 16.5. The summed E-state index contributed by atoms with van der Waals surface area (Å²) in [5.41, 5.74) is 1.71. The second-order valence-electron chi connectivity index (χ2n) is 5.66. The Morgan fingerprint density at radius 2 is 2.00 bits per heavy atom. The molecule has 1 atom stereocenters. The predicted octanol–water partition coefficient (Wildman–Crippen LogP) is 0.709. The minimum absolute atomic E-state index is 0.148. The summed E-state index contributed by atoms with van der Waals surface area (Å²) in [5, 5.41) is 5.42.